The van der Waals surface area contributed by atoms with Crippen LogP contribution in [0.5, 0.6) is 5.75 Å². The van der Waals surface area contributed by atoms with Crippen molar-refractivity contribution in [2.75, 3.05) is 13.7 Å². The highest BCUT2D eigenvalue weighted by atomic mass is 16.5. The van der Waals surface area contributed by atoms with Crippen LogP contribution in [0.2, 0.25) is 0 Å². The maximum atomic E-state index is 5.44. The normalized spacial score (nSPS) is 18.2. The standard InChI is InChI=1S/C9H11NO.C2H6/c1-10-8-6-11-9-5-3-2-4-7(8)9;1-2/h2-5,8,10H,6H2,1H3;1-2H3. The molecule has 0 aromatic heterocycles. The molecule has 1 unspecified atom stereocenters. The monoisotopic (exact) mass is 179 g/mol. The molecule has 2 nitrogen and oxygen atoms in total. The van der Waals surface area contributed by atoms with Gasteiger partial charge in [0.15, 0.2) is 0 Å². The Kier molecular flexibility index (Phi) is 3.77. The van der Waals surface area contributed by atoms with Crippen molar-refractivity contribution in [3.05, 3.63) is 29.8 Å². The molecule has 1 aromatic rings. The van der Waals surface area contributed by atoms with E-state index in [0.29, 0.717) is 6.04 Å². The van der Waals surface area contributed by atoms with E-state index in [4.69, 9.17) is 4.74 Å². The Morgan fingerprint density at radius 3 is 2.69 bits per heavy atom. The van der Waals surface area contributed by atoms with Crippen molar-refractivity contribution >= 4 is 0 Å². The first-order valence-electron chi connectivity index (χ1n) is 4.81. The van der Waals surface area contributed by atoms with Crippen molar-refractivity contribution in [1.82, 2.24) is 5.32 Å². The highest BCUT2D eigenvalue weighted by molar-refractivity contribution is 5.38. The summed E-state index contributed by atoms with van der Waals surface area (Å²) in [7, 11) is 1.95. The molecule has 2 heteroatoms. The summed E-state index contributed by atoms with van der Waals surface area (Å²) >= 11 is 0. The summed E-state index contributed by atoms with van der Waals surface area (Å²) in [6.07, 6.45) is 0. The third-order valence-corrected chi connectivity index (χ3v) is 2.05. The smallest absolute Gasteiger partial charge is 0.124 e. The van der Waals surface area contributed by atoms with Crippen molar-refractivity contribution in [2.45, 2.75) is 19.9 Å². The summed E-state index contributed by atoms with van der Waals surface area (Å²) in [4.78, 5) is 0. The first-order valence-corrected chi connectivity index (χ1v) is 4.81. The number of nitrogens with one attached hydrogen (secondary N) is 1. The van der Waals surface area contributed by atoms with E-state index in [1.807, 2.05) is 39.1 Å². The molecule has 0 radical (unpaired) electrons. The zero-order valence-corrected chi connectivity index (χ0v) is 8.50. The quantitative estimate of drug-likeness (QED) is 0.714. The predicted molar refractivity (Wildman–Crippen MR) is 55.1 cm³/mol. The third-order valence-electron chi connectivity index (χ3n) is 2.05. The molecular weight excluding hydrogens is 162 g/mol. The molecule has 2 rings (SSSR count). The first kappa shape index (κ1) is 10.1. The van der Waals surface area contributed by atoms with Crippen LogP contribution >= 0.6 is 0 Å². The number of ether oxygens (including phenoxy) is 1. The van der Waals surface area contributed by atoms with Gasteiger partial charge < -0.3 is 10.1 Å². The Morgan fingerprint density at radius 2 is 2.00 bits per heavy atom. The van der Waals surface area contributed by atoms with E-state index in [-0.39, 0.29) is 0 Å². The van der Waals surface area contributed by atoms with Crippen molar-refractivity contribution < 1.29 is 4.74 Å². The molecule has 0 saturated carbocycles. The zero-order valence-electron chi connectivity index (χ0n) is 8.50. The van der Waals surface area contributed by atoms with Gasteiger partial charge in [0, 0.05) is 5.56 Å². The Bertz CT molecular complexity index is 260. The second-order valence-electron chi connectivity index (χ2n) is 2.69. The number of fused-ring (bicyclic) bond motifs is 1. The molecule has 1 atom stereocenters. The summed E-state index contributed by atoms with van der Waals surface area (Å²) in [6, 6.07) is 8.52. The zero-order chi connectivity index (χ0) is 9.68. The van der Waals surface area contributed by atoms with Gasteiger partial charge in [-0.1, -0.05) is 32.0 Å². The molecule has 0 saturated heterocycles. The van der Waals surface area contributed by atoms with Gasteiger partial charge >= 0.3 is 0 Å². The van der Waals surface area contributed by atoms with Gasteiger partial charge in [-0.2, -0.15) is 0 Å². The number of rotatable bonds is 1. The average molecular weight is 179 g/mol. The van der Waals surface area contributed by atoms with Crippen molar-refractivity contribution in [2.24, 2.45) is 0 Å². The molecule has 0 aliphatic carbocycles. The van der Waals surface area contributed by atoms with Crippen LogP contribution in [0.3, 0.4) is 0 Å². The van der Waals surface area contributed by atoms with E-state index in [9.17, 15) is 0 Å². The topological polar surface area (TPSA) is 21.3 Å². The Hall–Kier alpha value is -1.02. The van der Waals surface area contributed by atoms with E-state index in [0.717, 1.165) is 12.4 Å². The molecule has 0 spiro atoms. The first-order chi connectivity index (χ1) is 6.42. The Balaban J connectivity index is 0.000000396. The molecular formula is C11H17NO. The summed E-state index contributed by atoms with van der Waals surface area (Å²) in [5.41, 5.74) is 1.27. The molecule has 0 fully saturated rings. The van der Waals surface area contributed by atoms with E-state index >= 15 is 0 Å². The number of para-hydroxylation sites is 1. The second kappa shape index (κ2) is 4.87. The lowest BCUT2D eigenvalue weighted by atomic mass is 10.1. The lowest BCUT2D eigenvalue weighted by Gasteiger charge is -2.04. The van der Waals surface area contributed by atoms with Crippen LogP contribution in [0.15, 0.2) is 24.3 Å². The van der Waals surface area contributed by atoms with Crippen LogP contribution in [0, 0.1) is 0 Å². The molecule has 0 amide bonds. The van der Waals surface area contributed by atoms with E-state index in [1.165, 1.54) is 5.56 Å². The Labute approximate surface area is 79.9 Å². The molecule has 1 aromatic carbocycles. The van der Waals surface area contributed by atoms with Gasteiger partial charge in [-0.25, -0.2) is 0 Å². The minimum atomic E-state index is 0.381. The van der Waals surface area contributed by atoms with Crippen LogP contribution in [-0.4, -0.2) is 13.7 Å². The SMILES string of the molecule is CC.CNC1COc2ccccc21. The number of hydrogen-bond acceptors (Lipinski definition) is 2. The fourth-order valence-electron chi connectivity index (χ4n) is 1.40. The highest BCUT2D eigenvalue weighted by Gasteiger charge is 2.20. The number of hydrogen-bond donors (Lipinski definition) is 1. The van der Waals surface area contributed by atoms with Gasteiger partial charge in [0.2, 0.25) is 0 Å². The van der Waals surface area contributed by atoms with Crippen LogP contribution in [0.4, 0.5) is 0 Å². The lowest BCUT2D eigenvalue weighted by Crippen LogP contribution is -2.16. The summed E-state index contributed by atoms with van der Waals surface area (Å²) in [5, 5.41) is 3.20. The summed E-state index contributed by atoms with van der Waals surface area (Å²) in [5.74, 6) is 1.02. The fraction of sp³-hybridized carbons (Fsp3) is 0.455. The maximum absolute atomic E-state index is 5.44. The van der Waals surface area contributed by atoms with E-state index in [1.54, 1.807) is 0 Å². The van der Waals surface area contributed by atoms with Gasteiger partial charge in [-0.3, -0.25) is 0 Å². The van der Waals surface area contributed by atoms with Crippen molar-refractivity contribution in [1.29, 1.82) is 0 Å². The Morgan fingerprint density at radius 1 is 1.31 bits per heavy atom. The van der Waals surface area contributed by atoms with E-state index in [2.05, 4.69) is 11.4 Å². The van der Waals surface area contributed by atoms with Crippen LogP contribution in [0.25, 0.3) is 0 Å². The van der Waals surface area contributed by atoms with Gasteiger partial charge in [0.1, 0.15) is 12.4 Å². The van der Waals surface area contributed by atoms with Gasteiger partial charge in [0.25, 0.3) is 0 Å². The van der Waals surface area contributed by atoms with Crippen molar-refractivity contribution in [3.8, 4) is 5.75 Å². The fourth-order valence-corrected chi connectivity index (χ4v) is 1.40. The maximum Gasteiger partial charge on any atom is 0.124 e. The molecule has 1 aliphatic heterocycles. The minimum absolute atomic E-state index is 0.381. The van der Waals surface area contributed by atoms with Gasteiger partial charge in [-0.05, 0) is 13.1 Å². The van der Waals surface area contributed by atoms with Gasteiger partial charge in [-0.15, -0.1) is 0 Å². The molecule has 1 aliphatic rings. The van der Waals surface area contributed by atoms with Gasteiger partial charge in [0.05, 0.1) is 6.04 Å². The second-order valence-corrected chi connectivity index (χ2v) is 2.69. The molecule has 1 N–H and O–H groups in total. The van der Waals surface area contributed by atoms with Crippen LogP contribution in [-0.2, 0) is 0 Å². The van der Waals surface area contributed by atoms with E-state index < -0.39 is 0 Å². The lowest BCUT2D eigenvalue weighted by molar-refractivity contribution is 0.318. The highest BCUT2D eigenvalue weighted by Crippen LogP contribution is 2.30. The third kappa shape index (κ3) is 2.01. The molecule has 1 heterocycles. The number of benzene rings is 1. The molecule has 0 bridgehead atoms. The van der Waals surface area contributed by atoms with Crippen LogP contribution in [0.1, 0.15) is 25.5 Å². The minimum Gasteiger partial charge on any atom is -0.491 e. The van der Waals surface area contributed by atoms with Crippen molar-refractivity contribution in [3.63, 3.8) is 0 Å². The molecule has 72 valence electrons. The van der Waals surface area contributed by atoms with Crippen LogP contribution < -0.4 is 10.1 Å². The number of likely N-dealkylation sites (N-methyl/N-ethyl adjacent to an activating group) is 1. The summed E-state index contributed by atoms with van der Waals surface area (Å²) in [6.45, 7) is 4.76. The predicted octanol–water partition coefficient (Wildman–Crippen LogP) is 2.37. The largest absolute Gasteiger partial charge is 0.491 e. The molecule has 13 heavy (non-hydrogen) atoms. The average Bonchev–Trinajstić information content (AvgIpc) is 2.64. The summed E-state index contributed by atoms with van der Waals surface area (Å²) < 4.78 is 5.44.